The Labute approximate surface area is 134 Å². The van der Waals surface area contributed by atoms with Gasteiger partial charge in [0.25, 0.3) is 0 Å². The summed E-state index contributed by atoms with van der Waals surface area (Å²) in [7, 11) is 0. The van der Waals surface area contributed by atoms with Crippen LogP contribution in [0.15, 0.2) is 60.8 Å². The number of aromatic nitrogens is 2. The molecule has 0 unspecified atom stereocenters. The second-order valence-electron chi connectivity index (χ2n) is 4.94. The summed E-state index contributed by atoms with van der Waals surface area (Å²) >= 11 is 5.79. The average molecular weight is 311 g/mol. The van der Waals surface area contributed by atoms with Crippen LogP contribution in [0.2, 0.25) is 5.28 Å². The lowest BCUT2D eigenvalue weighted by atomic mass is 10.1. The minimum atomic E-state index is 0.268. The van der Waals surface area contributed by atoms with E-state index in [1.54, 1.807) is 6.20 Å². The summed E-state index contributed by atoms with van der Waals surface area (Å²) in [6, 6.07) is 18.0. The molecule has 1 aromatic heterocycles. The highest BCUT2D eigenvalue weighted by molar-refractivity contribution is 6.28. The third-order valence-electron chi connectivity index (χ3n) is 3.36. The van der Waals surface area contributed by atoms with Gasteiger partial charge in [0, 0.05) is 11.8 Å². The molecule has 4 heteroatoms. The van der Waals surface area contributed by atoms with Crippen molar-refractivity contribution in [3.8, 4) is 16.9 Å². The van der Waals surface area contributed by atoms with Crippen LogP contribution in [0, 0.1) is 6.92 Å². The Morgan fingerprint density at radius 1 is 1.00 bits per heavy atom. The van der Waals surface area contributed by atoms with Gasteiger partial charge >= 0.3 is 0 Å². The molecule has 0 radical (unpaired) electrons. The molecule has 0 aliphatic heterocycles. The molecule has 0 N–H and O–H groups in total. The third kappa shape index (κ3) is 3.43. The van der Waals surface area contributed by atoms with Crippen LogP contribution in [0.5, 0.6) is 5.75 Å². The highest BCUT2D eigenvalue weighted by atomic mass is 35.5. The maximum atomic E-state index is 5.79. The molecular weight excluding hydrogens is 296 g/mol. The van der Waals surface area contributed by atoms with E-state index in [4.69, 9.17) is 16.3 Å². The molecule has 0 fully saturated rings. The summed E-state index contributed by atoms with van der Waals surface area (Å²) in [5, 5.41) is 0.268. The van der Waals surface area contributed by atoms with Crippen molar-refractivity contribution in [1.29, 1.82) is 0 Å². The minimum absolute atomic E-state index is 0.268. The molecule has 3 nitrogen and oxygen atoms in total. The van der Waals surface area contributed by atoms with Gasteiger partial charge in [0.05, 0.1) is 5.69 Å². The molecule has 1 heterocycles. The van der Waals surface area contributed by atoms with Crippen molar-refractivity contribution in [2.75, 3.05) is 0 Å². The summed E-state index contributed by atoms with van der Waals surface area (Å²) in [6.07, 6.45) is 1.74. The summed E-state index contributed by atoms with van der Waals surface area (Å²) in [6.45, 7) is 2.48. The fraction of sp³-hybridized carbons (Fsp3) is 0.111. The molecule has 0 saturated carbocycles. The number of nitrogens with zero attached hydrogens (tertiary/aromatic N) is 2. The maximum Gasteiger partial charge on any atom is 0.222 e. The monoisotopic (exact) mass is 310 g/mol. The van der Waals surface area contributed by atoms with Crippen LogP contribution in [0.4, 0.5) is 0 Å². The van der Waals surface area contributed by atoms with Crippen LogP contribution in [0.3, 0.4) is 0 Å². The molecule has 0 saturated heterocycles. The number of benzene rings is 2. The van der Waals surface area contributed by atoms with Gasteiger partial charge in [-0.15, -0.1) is 0 Å². The lowest BCUT2D eigenvalue weighted by Crippen LogP contribution is -1.95. The van der Waals surface area contributed by atoms with Crippen molar-refractivity contribution in [3.63, 3.8) is 0 Å². The normalized spacial score (nSPS) is 10.5. The zero-order chi connectivity index (χ0) is 15.4. The molecule has 3 aromatic rings. The second kappa shape index (κ2) is 6.58. The van der Waals surface area contributed by atoms with E-state index in [0.717, 1.165) is 28.1 Å². The Hall–Kier alpha value is -2.39. The largest absolute Gasteiger partial charge is 0.489 e. The highest BCUT2D eigenvalue weighted by Gasteiger charge is 2.05. The number of hydrogen-bond acceptors (Lipinski definition) is 3. The van der Waals surface area contributed by atoms with E-state index in [1.165, 1.54) is 0 Å². The minimum Gasteiger partial charge on any atom is -0.489 e. The van der Waals surface area contributed by atoms with E-state index >= 15 is 0 Å². The Morgan fingerprint density at radius 2 is 1.73 bits per heavy atom. The standard InChI is InChI=1S/C18H15ClN2O/c1-13-17(11-20-18(19)21-13)15-7-9-16(10-8-15)22-12-14-5-3-2-4-6-14/h2-11H,12H2,1H3. The molecule has 0 spiro atoms. The molecule has 0 atom stereocenters. The summed E-state index contributed by atoms with van der Waals surface area (Å²) in [4.78, 5) is 8.21. The first-order valence-electron chi connectivity index (χ1n) is 6.99. The predicted octanol–water partition coefficient (Wildman–Crippen LogP) is 4.68. The Morgan fingerprint density at radius 3 is 2.41 bits per heavy atom. The van der Waals surface area contributed by atoms with Crippen molar-refractivity contribution < 1.29 is 4.74 Å². The van der Waals surface area contributed by atoms with Crippen molar-refractivity contribution in [2.45, 2.75) is 13.5 Å². The molecule has 110 valence electrons. The molecular formula is C18H15ClN2O. The van der Waals surface area contributed by atoms with Crippen LogP contribution in [-0.4, -0.2) is 9.97 Å². The van der Waals surface area contributed by atoms with Gasteiger partial charge in [0.2, 0.25) is 5.28 Å². The van der Waals surface area contributed by atoms with Crippen LogP contribution >= 0.6 is 11.6 Å². The first kappa shape index (κ1) is 14.5. The van der Waals surface area contributed by atoms with Crippen molar-refractivity contribution in [1.82, 2.24) is 9.97 Å². The van der Waals surface area contributed by atoms with Gasteiger partial charge < -0.3 is 4.74 Å². The van der Waals surface area contributed by atoms with Gasteiger partial charge in [-0.3, -0.25) is 0 Å². The van der Waals surface area contributed by atoms with E-state index in [1.807, 2.05) is 61.5 Å². The van der Waals surface area contributed by atoms with Gasteiger partial charge in [-0.05, 0) is 41.8 Å². The quantitative estimate of drug-likeness (QED) is 0.656. The van der Waals surface area contributed by atoms with E-state index in [0.29, 0.717) is 6.61 Å². The molecule has 0 amide bonds. The molecule has 0 aliphatic carbocycles. The number of ether oxygens (including phenoxy) is 1. The molecule has 22 heavy (non-hydrogen) atoms. The van der Waals surface area contributed by atoms with E-state index < -0.39 is 0 Å². The number of hydrogen-bond donors (Lipinski definition) is 0. The van der Waals surface area contributed by atoms with Gasteiger partial charge in [0.15, 0.2) is 0 Å². The lowest BCUT2D eigenvalue weighted by molar-refractivity contribution is 0.306. The fourth-order valence-electron chi connectivity index (χ4n) is 2.19. The van der Waals surface area contributed by atoms with E-state index in [-0.39, 0.29) is 5.28 Å². The Kier molecular flexibility index (Phi) is 4.35. The molecule has 2 aromatic carbocycles. The van der Waals surface area contributed by atoms with Gasteiger partial charge in [0.1, 0.15) is 12.4 Å². The van der Waals surface area contributed by atoms with Crippen LogP contribution < -0.4 is 4.74 Å². The predicted molar refractivity (Wildman–Crippen MR) is 88.0 cm³/mol. The highest BCUT2D eigenvalue weighted by Crippen LogP contribution is 2.25. The maximum absolute atomic E-state index is 5.79. The third-order valence-corrected chi connectivity index (χ3v) is 3.55. The first-order valence-corrected chi connectivity index (χ1v) is 7.36. The lowest BCUT2D eigenvalue weighted by Gasteiger charge is -2.08. The summed E-state index contributed by atoms with van der Waals surface area (Å²) in [5.41, 5.74) is 4.02. The van der Waals surface area contributed by atoms with Crippen molar-refractivity contribution in [2.24, 2.45) is 0 Å². The zero-order valence-corrected chi connectivity index (χ0v) is 12.9. The van der Waals surface area contributed by atoms with Gasteiger partial charge in [-0.2, -0.15) is 0 Å². The van der Waals surface area contributed by atoms with Gasteiger partial charge in [-0.1, -0.05) is 42.5 Å². The van der Waals surface area contributed by atoms with Crippen molar-refractivity contribution >= 4 is 11.6 Å². The van der Waals surface area contributed by atoms with Crippen LogP contribution in [-0.2, 0) is 6.61 Å². The SMILES string of the molecule is Cc1nc(Cl)ncc1-c1ccc(OCc2ccccc2)cc1. The molecule has 3 rings (SSSR count). The summed E-state index contributed by atoms with van der Waals surface area (Å²) < 4.78 is 5.78. The smallest absolute Gasteiger partial charge is 0.222 e. The van der Waals surface area contributed by atoms with Crippen molar-refractivity contribution in [3.05, 3.63) is 77.3 Å². The zero-order valence-electron chi connectivity index (χ0n) is 12.2. The summed E-state index contributed by atoms with van der Waals surface area (Å²) in [5.74, 6) is 0.833. The topological polar surface area (TPSA) is 35.0 Å². The first-order chi connectivity index (χ1) is 10.7. The second-order valence-corrected chi connectivity index (χ2v) is 5.27. The number of aryl methyl sites for hydroxylation is 1. The van der Waals surface area contributed by atoms with E-state index in [9.17, 15) is 0 Å². The number of rotatable bonds is 4. The number of halogens is 1. The molecule has 0 aliphatic rings. The fourth-order valence-corrected chi connectivity index (χ4v) is 2.37. The van der Waals surface area contributed by atoms with E-state index in [2.05, 4.69) is 9.97 Å². The van der Waals surface area contributed by atoms with Crippen LogP contribution in [0.25, 0.3) is 11.1 Å². The van der Waals surface area contributed by atoms with Gasteiger partial charge in [-0.25, -0.2) is 9.97 Å². The Balaban J connectivity index is 1.72. The molecule has 0 bridgehead atoms. The van der Waals surface area contributed by atoms with Crippen LogP contribution in [0.1, 0.15) is 11.3 Å². The Bertz CT molecular complexity index is 758. The average Bonchev–Trinajstić information content (AvgIpc) is 2.55.